The van der Waals surface area contributed by atoms with Gasteiger partial charge in [-0.15, -0.1) is 0 Å². The van der Waals surface area contributed by atoms with Gasteiger partial charge in [0.05, 0.1) is 55.8 Å². The molecule has 0 aliphatic carbocycles. The first kappa shape index (κ1) is 21.4. The summed E-state index contributed by atoms with van der Waals surface area (Å²) in [4.78, 5) is 32.6. The van der Waals surface area contributed by atoms with E-state index in [1.807, 2.05) is 37.3 Å². The van der Waals surface area contributed by atoms with Crippen LogP contribution in [0.1, 0.15) is 32.0 Å². The zero-order valence-electron chi connectivity index (χ0n) is 19.2. The number of imide groups is 1. The van der Waals surface area contributed by atoms with E-state index in [0.29, 0.717) is 51.8 Å². The lowest BCUT2D eigenvalue weighted by Crippen LogP contribution is -2.29. The van der Waals surface area contributed by atoms with Crippen LogP contribution in [0.5, 0.6) is 17.2 Å². The van der Waals surface area contributed by atoms with Crippen LogP contribution in [0.25, 0.3) is 11.0 Å². The van der Waals surface area contributed by atoms with Gasteiger partial charge in [-0.05, 0) is 12.5 Å². The lowest BCUT2D eigenvalue weighted by molar-refractivity contribution is 0.0926. The standard InChI is InChI=1S/C25H22N4O5/c1-14-20-21-17(12-26-23(20)28(27-14)13-15-8-6-5-7-9-15)24(30)29(25(21)31)16-10-18(32-2)22(34-4)19(11-16)33-3/h5-12H,13H2,1-4H3. The van der Waals surface area contributed by atoms with E-state index >= 15 is 0 Å². The minimum atomic E-state index is -0.473. The quantitative estimate of drug-likeness (QED) is 0.407. The van der Waals surface area contributed by atoms with Gasteiger partial charge in [-0.2, -0.15) is 5.10 Å². The SMILES string of the molecule is COc1cc(N2C(=O)c3cnc4c(c(C)nn4Cc4ccccc4)c3C2=O)cc(OC)c1OC. The average molecular weight is 458 g/mol. The zero-order valence-corrected chi connectivity index (χ0v) is 19.2. The molecular weight excluding hydrogens is 436 g/mol. The largest absolute Gasteiger partial charge is 0.493 e. The summed E-state index contributed by atoms with van der Waals surface area (Å²) >= 11 is 0. The second kappa shape index (κ2) is 8.18. The molecule has 0 atom stereocenters. The molecule has 0 saturated carbocycles. The van der Waals surface area contributed by atoms with E-state index in [9.17, 15) is 9.59 Å². The summed E-state index contributed by atoms with van der Waals surface area (Å²) in [5, 5.41) is 5.18. The number of aromatic nitrogens is 3. The number of benzene rings is 2. The molecule has 0 unspecified atom stereocenters. The predicted molar refractivity (Wildman–Crippen MR) is 125 cm³/mol. The fraction of sp³-hybridized carbons (Fsp3) is 0.200. The van der Waals surface area contributed by atoms with Crippen molar-refractivity contribution in [2.45, 2.75) is 13.5 Å². The molecule has 0 saturated heterocycles. The molecule has 0 N–H and O–H groups in total. The molecule has 9 nitrogen and oxygen atoms in total. The summed E-state index contributed by atoms with van der Waals surface area (Å²) in [6, 6.07) is 13.0. The molecule has 2 aromatic carbocycles. The molecule has 2 amide bonds. The summed E-state index contributed by atoms with van der Waals surface area (Å²) in [5.74, 6) is 0.113. The monoisotopic (exact) mass is 458 g/mol. The average Bonchev–Trinajstić information content (AvgIpc) is 3.31. The fourth-order valence-corrected chi connectivity index (χ4v) is 4.32. The second-order valence-electron chi connectivity index (χ2n) is 7.80. The Morgan fingerprint density at radius 1 is 0.912 bits per heavy atom. The molecule has 9 heteroatoms. The van der Waals surface area contributed by atoms with E-state index in [2.05, 4.69) is 10.1 Å². The molecule has 2 aromatic heterocycles. The highest BCUT2D eigenvalue weighted by Crippen LogP contribution is 2.43. The summed E-state index contributed by atoms with van der Waals surface area (Å²) in [6.07, 6.45) is 1.44. The van der Waals surface area contributed by atoms with Crippen LogP contribution >= 0.6 is 0 Å². The third-order valence-electron chi connectivity index (χ3n) is 5.87. The second-order valence-corrected chi connectivity index (χ2v) is 7.80. The van der Waals surface area contributed by atoms with Crippen molar-refractivity contribution in [3.8, 4) is 17.2 Å². The number of rotatable bonds is 6. The van der Waals surface area contributed by atoms with Crippen molar-refractivity contribution in [2.24, 2.45) is 0 Å². The lowest BCUT2D eigenvalue weighted by Gasteiger charge is -2.18. The van der Waals surface area contributed by atoms with Crippen LogP contribution < -0.4 is 19.1 Å². The highest BCUT2D eigenvalue weighted by atomic mass is 16.5. The third-order valence-corrected chi connectivity index (χ3v) is 5.87. The van der Waals surface area contributed by atoms with Crippen molar-refractivity contribution in [1.29, 1.82) is 0 Å². The number of nitrogens with zero attached hydrogens (tertiary/aromatic N) is 4. The molecule has 5 rings (SSSR count). The lowest BCUT2D eigenvalue weighted by atomic mass is 10.1. The molecule has 0 fully saturated rings. The van der Waals surface area contributed by atoms with Crippen molar-refractivity contribution >= 4 is 28.5 Å². The van der Waals surface area contributed by atoms with Crippen LogP contribution in [-0.4, -0.2) is 47.9 Å². The molecule has 1 aliphatic rings. The Kier molecular flexibility index (Phi) is 5.16. The van der Waals surface area contributed by atoms with E-state index in [1.54, 1.807) is 16.8 Å². The van der Waals surface area contributed by atoms with E-state index in [0.717, 1.165) is 10.5 Å². The number of hydrogen-bond donors (Lipinski definition) is 0. The van der Waals surface area contributed by atoms with Crippen molar-refractivity contribution in [3.63, 3.8) is 0 Å². The van der Waals surface area contributed by atoms with Gasteiger partial charge >= 0.3 is 0 Å². The maximum atomic E-state index is 13.6. The van der Waals surface area contributed by atoms with Crippen molar-refractivity contribution in [3.05, 3.63) is 71.0 Å². The fourth-order valence-electron chi connectivity index (χ4n) is 4.32. The van der Waals surface area contributed by atoms with Crippen LogP contribution in [-0.2, 0) is 6.54 Å². The maximum absolute atomic E-state index is 13.6. The summed E-state index contributed by atoms with van der Waals surface area (Å²) in [7, 11) is 4.43. The number of amides is 2. The first-order chi connectivity index (χ1) is 16.5. The minimum Gasteiger partial charge on any atom is -0.493 e. The minimum absolute atomic E-state index is 0.230. The van der Waals surface area contributed by atoms with Crippen LogP contribution in [0.3, 0.4) is 0 Å². The molecule has 0 radical (unpaired) electrons. The molecule has 172 valence electrons. The van der Waals surface area contributed by atoms with Gasteiger partial charge in [-0.25, -0.2) is 14.6 Å². The van der Waals surface area contributed by atoms with Gasteiger partial charge < -0.3 is 14.2 Å². The van der Waals surface area contributed by atoms with Crippen LogP contribution in [0.15, 0.2) is 48.7 Å². The first-order valence-corrected chi connectivity index (χ1v) is 10.6. The highest BCUT2D eigenvalue weighted by Gasteiger charge is 2.40. The molecule has 4 aromatic rings. The zero-order chi connectivity index (χ0) is 24.0. The van der Waals surface area contributed by atoms with Gasteiger partial charge in [-0.1, -0.05) is 30.3 Å². The number of methoxy groups -OCH3 is 3. The number of anilines is 1. The summed E-state index contributed by atoms with van der Waals surface area (Å²) in [6.45, 7) is 2.31. The number of ether oxygens (including phenoxy) is 3. The molecular formula is C25H22N4O5. The molecule has 1 aliphatic heterocycles. The smallest absolute Gasteiger partial charge is 0.267 e. The molecule has 34 heavy (non-hydrogen) atoms. The van der Waals surface area contributed by atoms with Crippen molar-refractivity contribution < 1.29 is 23.8 Å². The first-order valence-electron chi connectivity index (χ1n) is 10.6. The van der Waals surface area contributed by atoms with Gasteiger partial charge in [0.1, 0.15) is 0 Å². The topological polar surface area (TPSA) is 95.8 Å². The van der Waals surface area contributed by atoms with Crippen LogP contribution in [0.4, 0.5) is 5.69 Å². The number of hydrogen-bond acceptors (Lipinski definition) is 7. The van der Waals surface area contributed by atoms with Gasteiger partial charge in [0.25, 0.3) is 11.8 Å². The van der Waals surface area contributed by atoms with Crippen molar-refractivity contribution in [2.75, 3.05) is 26.2 Å². The van der Waals surface area contributed by atoms with Crippen molar-refractivity contribution in [1.82, 2.24) is 14.8 Å². The number of pyridine rings is 1. The van der Waals surface area contributed by atoms with Crippen LogP contribution in [0.2, 0.25) is 0 Å². The van der Waals surface area contributed by atoms with Gasteiger partial charge in [0, 0.05) is 18.3 Å². The van der Waals surface area contributed by atoms with E-state index in [1.165, 1.54) is 27.5 Å². The summed E-state index contributed by atoms with van der Waals surface area (Å²) < 4.78 is 17.9. The van der Waals surface area contributed by atoms with Crippen LogP contribution in [0, 0.1) is 6.92 Å². The normalized spacial score (nSPS) is 12.9. The molecule has 0 bridgehead atoms. The number of carbonyl (C=O) groups excluding carboxylic acids is 2. The predicted octanol–water partition coefficient (Wildman–Crippen LogP) is 3.61. The Morgan fingerprint density at radius 3 is 2.21 bits per heavy atom. The van der Waals surface area contributed by atoms with E-state index in [4.69, 9.17) is 14.2 Å². The summed E-state index contributed by atoms with van der Waals surface area (Å²) in [5.41, 5.74) is 3.06. The van der Waals surface area contributed by atoms with Gasteiger partial charge in [-0.3, -0.25) is 9.59 Å². The molecule has 3 heterocycles. The number of aryl methyl sites for hydroxylation is 1. The Hall–Kier alpha value is -4.40. The van der Waals surface area contributed by atoms with Gasteiger partial charge in [0.2, 0.25) is 5.75 Å². The molecule has 0 spiro atoms. The Morgan fingerprint density at radius 2 is 1.59 bits per heavy atom. The maximum Gasteiger partial charge on any atom is 0.267 e. The highest BCUT2D eigenvalue weighted by molar-refractivity contribution is 6.37. The van der Waals surface area contributed by atoms with E-state index < -0.39 is 11.8 Å². The third kappa shape index (κ3) is 3.16. The Bertz CT molecular complexity index is 1420. The number of carbonyl (C=O) groups is 2. The Labute approximate surface area is 195 Å². The number of fused-ring (bicyclic) bond motifs is 3. The Balaban J connectivity index is 1.63. The van der Waals surface area contributed by atoms with Gasteiger partial charge in [0.15, 0.2) is 17.1 Å². The van der Waals surface area contributed by atoms with E-state index in [-0.39, 0.29) is 5.56 Å².